The second-order valence-corrected chi connectivity index (χ2v) is 14.0. The highest BCUT2D eigenvalue weighted by atomic mass is 28.4. The molecule has 0 saturated carbocycles. The topological polar surface area (TPSA) is 9.23 Å². The number of hydrogen-bond donors (Lipinski definition) is 0. The molecule has 0 spiro atoms. The van der Waals surface area contributed by atoms with Crippen LogP contribution in [0.25, 0.3) is 0 Å². The Labute approximate surface area is 180 Å². The molecule has 2 heteroatoms. The predicted molar refractivity (Wildman–Crippen MR) is 129 cm³/mol. The van der Waals surface area contributed by atoms with Crippen LogP contribution in [0.5, 0.6) is 0 Å². The van der Waals surface area contributed by atoms with Gasteiger partial charge in [-0.2, -0.15) is 0 Å². The summed E-state index contributed by atoms with van der Waals surface area (Å²) in [6.45, 7) is 16.0. The van der Waals surface area contributed by atoms with Crippen LogP contribution in [-0.4, -0.2) is 14.4 Å². The van der Waals surface area contributed by atoms with Gasteiger partial charge in [0.15, 0.2) is 0 Å². The zero-order chi connectivity index (χ0) is 21.7. The number of rotatable bonds is 8. The SMILES string of the molecule is C#CC(C)CC(C)C(O[Si](c1ccccc1)(c1ccccc1)C(C)(C)C)C(C)C. The standard InChI is InChI=1S/C27H38OSi/c1-9-22(4)20-23(5)26(21(2)3)28-29(27(6,7)8,24-16-12-10-13-17-24)25-18-14-11-15-19-25/h1,10-19,21-23,26H,20H2,2-8H3. The van der Waals surface area contributed by atoms with Gasteiger partial charge in [0.05, 0.1) is 6.10 Å². The van der Waals surface area contributed by atoms with Crippen molar-refractivity contribution in [2.24, 2.45) is 17.8 Å². The Bertz CT molecular complexity index is 743. The molecule has 2 rings (SSSR count). The highest BCUT2D eigenvalue weighted by Crippen LogP contribution is 2.39. The highest BCUT2D eigenvalue weighted by Gasteiger charge is 2.52. The lowest BCUT2D eigenvalue weighted by molar-refractivity contribution is 0.0787. The monoisotopic (exact) mass is 406 g/mol. The summed E-state index contributed by atoms with van der Waals surface area (Å²) < 4.78 is 7.41. The van der Waals surface area contributed by atoms with Gasteiger partial charge in [0.2, 0.25) is 0 Å². The molecule has 0 amide bonds. The molecule has 0 saturated heterocycles. The molecule has 0 bridgehead atoms. The third-order valence-electron chi connectivity index (χ3n) is 5.96. The van der Waals surface area contributed by atoms with Crippen LogP contribution in [0.3, 0.4) is 0 Å². The van der Waals surface area contributed by atoms with Crippen molar-refractivity contribution in [3.8, 4) is 12.3 Å². The van der Waals surface area contributed by atoms with Gasteiger partial charge in [-0.1, -0.05) is 109 Å². The maximum atomic E-state index is 7.41. The van der Waals surface area contributed by atoms with Gasteiger partial charge in [-0.05, 0) is 33.7 Å². The van der Waals surface area contributed by atoms with E-state index in [1.807, 2.05) is 0 Å². The van der Waals surface area contributed by atoms with Gasteiger partial charge < -0.3 is 4.43 Å². The van der Waals surface area contributed by atoms with Gasteiger partial charge in [0, 0.05) is 5.92 Å². The summed E-state index contributed by atoms with van der Waals surface area (Å²) >= 11 is 0. The fraction of sp³-hybridized carbons (Fsp3) is 0.481. The first-order chi connectivity index (χ1) is 13.6. The van der Waals surface area contributed by atoms with Gasteiger partial charge in [-0.25, -0.2) is 0 Å². The molecular weight excluding hydrogens is 368 g/mol. The zero-order valence-corrected chi connectivity index (χ0v) is 20.3. The lowest BCUT2D eigenvalue weighted by atomic mass is 9.88. The Morgan fingerprint density at radius 1 is 0.862 bits per heavy atom. The van der Waals surface area contributed by atoms with E-state index in [1.54, 1.807) is 0 Å². The van der Waals surface area contributed by atoms with Crippen molar-refractivity contribution in [2.45, 2.75) is 66.0 Å². The van der Waals surface area contributed by atoms with Crippen LogP contribution >= 0.6 is 0 Å². The van der Waals surface area contributed by atoms with E-state index in [2.05, 4.69) is 115 Å². The van der Waals surface area contributed by atoms with E-state index < -0.39 is 8.32 Å². The predicted octanol–water partition coefficient (Wildman–Crippen LogP) is 5.88. The van der Waals surface area contributed by atoms with E-state index in [9.17, 15) is 0 Å². The number of benzene rings is 2. The van der Waals surface area contributed by atoms with Gasteiger partial charge in [-0.15, -0.1) is 12.3 Å². The largest absolute Gasteiger partial charge is 0.404 e. The Balaban J connectivity index is 2.65. The normalized spacial score (nSPS) is 15.6. The van der Waals surface area contributed by atoms with Crippen LogP contribution in [0.2, 0.25) is 5.04 Å². The van der Waals surface area contributed by atoms with Crippen LogP contribution in [0.1, 0.15) is 54.9 Å². The highest BCUT2D eigenvalue weighted by molar-refractivity contribution is 6.99. The summed E-state index contributed by atoms with van der Waals surface area (Å²) in [6.07, 6.45) is 6.83. The average Bonchev–Trinajstić information content (AvgIpc) is 2.68. The van der Waals surface area contributed by atoms with Crippen molar-refractivity contribution in [3.05, 3.63) is 60.7 Å². The minimum atomic E-state index is -2.55. The van der Waals surface area contributed by atoms with E-state index in [0.717, 1.165) is 6.42 Å². The Kier molecular flexibility index (Phi) is 7.92. The molecule has 0 aliphatic carbocycles. The molecule has 0 aromatic heterocycles. The van der Waals surface area contributed by atoms with E-state index >= 15 is 0 Å². The van der Waals surface area contributed by atoms with Gasteiger partial charge in [0.1, 0.15) is 0 Å². The minimum Gasteiger partial charge on any atom is -0.404 e. The summed E-state index contributed by atoms with van der Waals surface area (Å²) in [7, 11) is -2.55. The van der Waals surface area contributed by atoms with E-state index in [1.165, 1.54) is 10.4 Å². The van der Waals surface area contributed by atoms with Crippen molar-refractivity contribution < 1.29 is 4.43 Å². The molecule has 0 radical (unpaired) electrons. The van der Waals surface area contributed by atoms with Crippen LogP contribution in [0.4, 0.5) is 0 Å². The van der Waals surface area contributed by atoms with Crippen molar-refractivity contribution >= 4 is 18.7 Å². The Morgan fingerprint density at radius 3 is 1.66 bits per heavy atom. The third kappa shape index (κ3) is 5.21. The summed E-state index contributed by atoms with van der Waals surface area (Å²) in [6, 6.07) is 21.8. The lowest BCUT2D eigenvalue weighted by Gasteiger charge is -2.47. The second kappa shape index (κ2) is 9.79. The maximum absolute atomic E-state index is 7.41. The molecule has 0 heterocycles. The van der Waals surface area contributed by atoms with Gasteiger partial charge >= 0.3 is 0 Å². The smallest absolute Gasteiger partial charge is 0.261 e. The first-order valence-electron chi connectivity index (χ1n) is 10.9. The maximum Gasteiger partial charge on any atom is 0.261 e. The molecule has 1 nitrogen and oxygen atoms in total. The third-order valence-corrected chi connectivity index (χ3v) is 11.0. The Hall–Kier alpha value is -1.82. The summed E-state index contributed by atoms with van der Waals surface area (Å²) in [5.74, 6) is 3.97. The molecule has 0 N–H and O–H groups in total. The molecule has 156 valence electrons. The molecule has 0 fully saturated rings. The van der Waals surface area contributed by atoms with E-state index in [-0.39, 0.29) is 17.1 Å². The first kappa shape index (κ1) is 23.5. The number of hydrogen-bond acceptors (Lipinski definition) is 1. The lowest BCUT2D eigenvalue weighted by Crippen LogP contribution is -2.68. The molecular formula is C27H38OSi. The van der Waals surface area contributed by atoms with Crippen molar-refractivity contribution in [1.82, 2.24) is 0 Å². The fourth-order valence-corrected chi connectivity index (χ4v) is 9.49. The molecule has 3 atom stereocenters. The first-order valence-corrected chi connectivity index (χ1v) is 12.8. The Morgan fingerprint density at radius 2 is 1.31 bits per heavy atom. The minimum absolute atomic E-state index is 0.0136. The van der Waals surface area contributed by atoms with E-state index in [0.29, 0.717) is 11.8 Å². The molecule has 0 aliphatic rings. The molecule has 29 heavy (non-hydrogen) atoms. The second-order valence-electron chi connectivity index (χ2n) is 9.77. The van der Waals surface area contributed by atoms with Crippen molar-refractivity contribution in [2.75, 3.05) is 0 Å². The molecule has 0 aliphatic heterocycles. The summed E-state index contributed by atoms with van der Waals surface area (Å²) in [4.78, 5) is 0. The van der Waals surface area contributed by atoms with Crippen LogP contribution in [0.15, 0.2) is 60.7 Å². The van der Waals surface area contributed by atoms with Crippen molar-refractivity contribution in [1.29, 1.82) is 0 Å². The van der Waals surface area contributed by atoms with Crippen molar-refractivity contribution in [3.63, 3.8) is 0 Å². The fourth-order valence-electron chi connectivity index (χ4n) is 4.56. The summed E-state index contributed by atoms with van der Waals surface area (Å²) in [5, 5.41) is 2.66. The van der Waals surface area contributed by atoms with Crippen LogP contribution in [-0.2, 0) is 4.43 Å². The number of terminal acetylenes is 1. The van der Waals surface area contributed by atoms with Gasteiger partial charge in [-0.3, -0.25) is 0 Å². The molecule has 2 aromatic rings. The van der Waals surface area contributed by atoms with Gasteiger partial charge in [0.25, 0.3) is 8.32 Å². The molecule has 2 aromatic carbocycles. The quantitative estimate of drug-likeness (QED) is 0.393. The van der Waals surface area contributed by atoms with Crippen LogP contribution in [0, 0.1) is 30.1 Å². The summed E-state index contributed by atoms with van der Waals surface area (Å²) in [5.41, 5.74) is 0. The zero-order valence-electron chi connectivity index (χ0n) is 19.3. The van der Waals surface area contributed by atoms with Crippen LogP contribution < -0.4 is 10.4 Å². The van der Waals surface area contributed by atoms with E-state index in [4.69, 9.17) is 10.8 Å². The molecule has 3 unspecified atom stereocenters. The average molecular weight is 407 g/mol.